The summed E-state index contributed by atoms with van der Waals surface area (Å²) in [6.45, 7) is 9.98. The summed E-state index contributed by atoms with van der Waals surface area (Å²) in [6, 6.07) is 17.9. The predicted molar refractivity (Wildman–Crippen MR) is 161 cm³/mol. The van der Waals surface area contributed by atoms with Crippen LogP contribution in [-0.2, 0) is 35.9 Å². The highest BCUT2D eigenvalue weighted by molar-refractivity contribution is 7.92. The maximum absolute atomic E-state index is 14.1. The van der Waals surface area contributed by atoms with Gasteiger partial charge in [-0.2, -0.15) is 0 Å². The average Bonchev–Trinajstić information content (AvgIpc) is 3.32. The minimum Gasteiger partial charge on any atom is -0.456 e. The number of nitrogens with one attached hydrogen (secondary N) is 1. The molecule has 1 N–H and O–H groups in total. The average molecular weight is 627 g/mol. The second-order valence-corrected chi connectivity index (χ2v) is 15.4. The van der Waals surface area contributed by atoms with Crippen molar-refractivity contribution in [2.75, 3.05) is 0 Å². The first-order valence-electron chi connectivity index (χ1n) is 13.4. The summed E-state index contributed by atoms with van der Waals surface area (Å²) >= 11 is 0. The Balaban J connectivity index is 1.82. The van der Waals surface area contributed by atoms with E-state index in [9.17, 15) is 26.4 Å². The van der Waals surface area contributed by atoms with Crippen LogP contribution in [0.3, 0.4) is 0 Å². The molecule has 228 valence electrons. The number of alkyl carbamates (subject to hydrolysis) is 1. The summed E-state index contributed by atoms with van der Waals surface area (Å²) in [4.78, 5) is 24.5. The number of carbonyl (C=O) groups excluding carboxylic acids is 2. The van der Waals surface area contributed by atoms with Crippen LogP contribution >= 0.6 is 0 Å². The van der Waals surface area contributed by atoms with E-state index in [0.717, 1.165) is 10.2 Å². The standard InChI is InChI=1S/C31H34N2O8S2/c1-30(2,3)40-28(34)23-15-9-12-18-26(23)43(38,39)33-20-27(22-14-8-10-16-24(22)33)42(36,37)25-17-11-7-13-21(25)19-32-29(35)41-31(4,5)6/h7-18,20H,19H2,1-6H3,(H,32,35). The van der Waals surface area contributed by atoms with Gasteiger partial charge in [0.15, 0.2) is 0 Å². The Hall–Kier alpha value is -4.16. The summed E-state index contributed by atoms with van der Waals surface area (Å²) in [7, 11) is -8.81. The van der Waals surface area contributed by atoms with Gasteiger partial charge in [0.1, 0.15) is 16.1 Å². The molecular weight excluding hydrogens is 592 g/mol. The van der Waals surface area contributed by atoms with E-state index in [4.69, 9.17) is 9.47 Å². The Morgan fingerprint density at radius 2 is 1.28 bits per heavy atom. The molecule has 43 heavy (non-hydrogen) atoms. The van der Waals surface area contributed by atoms with E-state index in [1.54, 1.807) is 65.8 Å². The highest BCUT2D eigenvalue weighted by Crippen LogP contribution is 2.34. The number of para-hydroxylation sites is 1. The maximum Gasteiger partial charge on any atom is 0.407 e. The molecular formula is C31H34N2O8S2. The second kappa shape index (κ2) is 11.5. The molecule has 0 aliphatic rings. The Labute approximate surface area is 251 Å². The number of aromatic nitrogens is 1. The number of nitrogens with zero attached hydrogens (tertiary/aromatic N) is 1. The van der Waals surface area contributed by atoms with Crippen LogP contribution in [0.25, 0.3) is 10.9 Å². The van der Waals surface area contributed by atoms with Crippen molar-refractivity contribution >= 4 is 42.8 Å². The fourth-order valence-electron chi connectivity index (χ4n) is 4.34. The zero-order chi connectivity index (χ0) is 31.8. The predicted octanol–water partition coefficient (Wildman–Crippen LogP) is 5.69. The molecule has 0 bridgehead atoms. The van der Waals surface area contributed by atoms with Crippen molar-refractivity contribution in [2.24, 2.45) is 0 Å². The minimum atomic E-state index is -4.49. The third-order valence-corrected chi connectivity index (χ3v) is 9.67. The molecule has 0 atom stereocenters. The second-order valence-electron chi connectivity index (χ2n) is 11.8. The van der Waals surface area contributed by atoms with Gasteiger partial charge >= 0.3 is 12.1 Å². The molecule has 0 saturated heterocycles. The number of ether oxygens (including phenoxy) is 2. The van der Waals surface area contributed by atoms with Crippen LogP contribution in [0.1, 0.15) is 57.5 Å². The fourth-order valence-corrected chi connectivity index (χ4v) is 7.65. The van der Waals surface area contributed by atoms with Crippen LogP contribution in [0.4, 0.5) is 4.79 Å². The third kappa shape index (κ3) is 6.91. The summed E-state index contributed by atoms with van der Waals surface area (Å²) < 4.78 is 67.9. The van der Waals surface area contributed by atoms with E-state index < -0.39 is 43.1 Å². The molecule has 1 heterocycles. The van der Waals surface area contributed by atoms with Crippen molar-refractivity contribution in [1.82, 2.24) is 9.29 Å². The normalized spacial score (nSPS) is 12.6. The molecule has 1 aromatic heterocycles. The number of rotatable bonds is 7. The number of amides is 1. The number of sulfone groups is 1. The molecule has 4 rings (SSSR count). The highest BCUT2D eigenvalue weighted by Gasteiger charge is 2.32. The first-order valence-corrected chi connectivity index (χ1v) is 16.3. The van der Waals surface area contributed by atoms with Crippen LogP contribution in [0.2, 0.25) is 0 Å². The molecule has 12 heteroatoms. The van der Waals surface area contributed by atoms with Crippen molar-refractivity contribution in [3.8, 4) is 0 Å². The van der Waals surface area contributed by atoms with Gasteiger partial charge in [-0.3, -0.25) is 0 Å². The lowest BCUT2D eigenvalue weighted by molar-refractivity contribution is 0.00647. The molecule has 10 nitrogen and oxygen atoms in total. The SMILES string of the molecule is CC(C)(C)OC(=O)NCc1ccccc1S(=O)(=O)c1cn(S(=O)(=O)c2ccccc2C(=O)OC(C)(C)C)c2ccccc12. The van der Waals surface area contributed by atoms with Crippen LogP contribution in [0.5, 0.6) is 0 Å². The fraction of sp³-hybridized carbons (Fsp3) is 0.290. The molecule has 0 unspecified atom stereocenters. The zero-order valence-electron chi connectivity index (χ0n) is 24.7. The Bertz CT molecular complexity index is 1910. The van der Waals surface area contributed by atoms with Gasteiger partial charge in [0.05, 0.1) is 20.9 Å². The van der Waals surface area contributed by atoms with E-state index in [-0.39, 0.29) is 43.3 Å². The topological polar surface area (TPSA) is 138 Å². The molecule has 4 aromatic rings. The van der Waals surface area contributed by atoms with Gasteiger partial charge < -0.3 is 14.8 Å². The lowest BCUT2D eigenvalue weighted by Gasteiger charge is -2.20. The quantitative estimate of drug-likeness (QED) is 0.258. The smallest absolute Gasteiger partial charge is 0.407 e. The summed E-state index contributed by atoms with van der Waals surface area (Å²) in [6.07, 6.45) is 0.324. The van der Waals surface area contributed by atoms with Crippen molar-refractivity contribution in [2.45, 2.75) is 74.0 Å². The summed E-state index contributed by atoms with van der Waals surface area (Å²) in [5, 5.41) is 2.73. The minimum absolute atomic E-state index is 0.101. The van der Waals surface area contributed by atoms with Gasteiger partial charge in [0.25, 0.3) is 10.0 Å². The van der Waals surface area contributed by atoms with Crippen molar-refractivity contribution in [3.05, 3.63) is 90.1 Å². The van der Waals surface area contributed by atoms with Crippen LogP contribution in [0.15, 0.2) is 93.7 Å². The number of carbonyl (C=O) groups is 2. The third-order valence-electron chi connectivity index (χ3n) is 6.06. The van der Waals surface area contributed by atoms with Crippen molar-refractivity contribution in [3.63, 3.8) is 0 Å². The van der Waals surface area contributed by atoms with E-state index >= 15 is 0 Å². The van der Waals surface area contributed by atoms with Crippen LogP contribution < -0.4 is 5.32 Å². The lowest BCUT2D eigenvalue weighted by Crippen LogP contribution is -2.32. The summed E-state index contributed by atoms with van der Waals surface area (Å²) in [5.74, 6) is -0.831. The number of hydrogen-bond acceptors (Lipinski definition) is 8. The Morgan fingerprint density at radius 1 is 0.721 bits per heavy atom. The number of esters is 1. The van der Waals surface area contributed by atoms with Gasteiger partial charge in [-0.25, -0.2) is 30.4 Å². The molecule has 0 fully saturated rings. The largest absolute Gasteiger partial charge is 0.456 e. The molecule has 0 aliphatic carbocycles. The van der Waals surface area contributed by atoms with E-state index in [1.807, 2.05) is 0 Å². The van der Waals surface area contributed by atoms with Crippen molar-refractivity contribution in [1.29, 1.82) is 0 Å². The number of fused-ring (bicyclic) bond motifs is 1. The number of benzene rings is 3. The Morgan fingerprint density at radius 3 is 1.93 bits per heavy atom. The van der Waals surface area contributed by atoms with Gasteiger partial charge in [-0.1, -0.05) is 48.5 Å². The van der Waals surface area contributed by atoms with Crippen LogP contribution in [0, 0.1) is 0 Å². The van der Waals surface area contributed by atoms with Gasteiger partial charge in [0.2, 0.25) is 9.84 Å². The van der Waals surface area contributed by atoms with E-state index in [0.29, 0.717) is 0 Å². The molecule has 1 amide bonds. The first-order chi connectivity index (χ1) is 19.9. The van der Waals surface area contributed by atoms with Crippen LogP contribution in [-0.4, -0.2) is 44.1 Å². The van der Waals surface area contributed by atoms with Gasteiger partial charge in [0, 0.05) is 18.1 Å². The van der Waals surface area contributed by atoms with Gasteiger partial charge in [-0.05, 0) is 71.4 Å². The zero-order valence-corrected chi connectivity index (χ0v) is 26.4. The molecule has 0 spiro atoms. The van der Waals surface area contributed by atoms with E-state index in [1.165, 1.54) is 48.5 Å². The highest BCUT2D eigenvalue weighted by atomic mass is 32.2. The molecule has 0 radical (unpaired) electrons. The first kappa shape index (κ1) is 31.8. The number of hydrogen-bond donors (Lipinski definition) is 1. The van der Waals surface area contributed by atoms with Crippen molar-refractivity contribution < 1.29 is 35.9 Å². The Kier molecular flexibility index (Phi) is 8.49. The monoisotopic (exact) mass is 626 g/mol. The summed E-state index contributed by atoms with van der Waals surface area (Å²) in [5.41, 5.74) is -1.42. The maximum atomic E-state index is 14.1. The molecule has 3 aromatic carbocycles. The van der Waals surface area contributed by atoms with E-state index in [2.05, 4.69) is 5.32 Å². The lowest BCUT2D eigenvalue weighted by atomic mass is 10.1. The van der Waals surface area contributed by atoms with Gasteiger partial charge in [-0.15, -0.1) is 0 Å². The molecule has 0 aliphatic heterocycles. The molecule has 0 saturated carbocycles.